The van der Waals surface area contributed by atoms with Gasteiger partial charge in [0.05, 0.1) is 5.69 Å². The second kappa shape index (κ2) is 4.68. The molecular weight excluding hydrogens is 235 g/mol. The zero-order chi connectivity index (χ0) is 13.3. The maximum Gasteiger partial charge on any atom is 0.451 e. The Bertz CT molecular complexity index is 377. The van der Waals surface area contributed by atoms with Crippen molar-refractivity contribution in [2.24, 2.45) is 0 Å². The van der Waals surface area contributed by atoms with Crippen LogP contribution in [0.4, 0.5) is 13.2 Å². The summed E-state index contributed by atoms with van der Waals surface area (Å²) in [6.07, 6.45) is -4.24. The molecule has 98 valence electrons. The summed E-state index contributed by atoms with van der Waals surface area (Å²) in [5.74, 6) is -0.978. The number of aliphatic hydroxyl groups excluding tert-OH is 1. The van der Waals surface area contributed by atoms with Crippen LogP contribution in [0.2, 0.25) is 0 Å². The van der Waals surface area contributed by atoms with Gasteiger partial charge in [-0.25, -0.2) is 4.98 Å². The Morgan fingerprint density at radius 3 is 2.24 bits per heavy atom. The Hall–Kier alpha value is -1.04. The molecule has 0 saturated carbocycles. The van der Waals surface area contributed by atoms with Crippen LogP contribution in [0, 0.1) is 0 Å². The molecule has 0 aromatic carbocycles. The monoisotopic (exact) mass is 251 g/mol. The molecule has 1 heterocycles. The van der Waals surface area contributed by atoms with Crippen LogP contribution in [0.3, 0.4) is 0 Å². The van der Waals surface area contributed by atoms with Gasteiger partial charge in [0.15, 0.2) is 0 Å². The van der Waals surface area contributed by atoms with E-state index in [2.05, 4.69) is 4.98 Å². The maximum absolute atomic E-state index is 12.7. The van der Waals surface area contributed by atoms with Gasteiger partial charge in [-0.3, -0.25) is 0 Å². The van der Waals surface area contributed by atoms with Crippen molar-refractivity contribution in [3.63, 3.8) is 0 Å². The van der Waals surface area contributed by atoms with Crippen LogP contribution in [0.1, 0.15) is 44.5 Å². The summed E-state index contributed by atoms with van der Waals surface area (Å²) in [6.45, 7) is 5.02. The molecule has 0 aliphatic carbocycles. The van der Waals surface area contributed by atoms with Gasteiger partial charge < -0.3 is 9.52 Å². The highest BCUT2D eigenvalue weighted by atomic mass is 19.4. The van der Waals surface area contributed by atoms with Crippen molar-refractivity contribution in [1.82, 2.24) is 4.98 Å². The van der Waals surface area contributed by atoms with Gasteiger partial charge in [0.1, 0.15) is 0 Å². The Morgan fingerprint density at radius 1 is 1.24 bits per heavy atom. The number of hydrogen-bond acceptors (Lipinski definition) is 3. The Kier molecular flexibility index (Phi) is 3.86. The molecule has 1 rings (SSSR count). The summed E-state index contributed by atoms with van der Waals surface area (Å²) < 4.78 is 42.9. The molecule has 1 N–H and O–H groups in total. The smallest absolute Gasteiger partial charge is 0.435 e. The summed E-state index contributed by atoms with van der Waals surface area (Å²) in [5.41, 5.74) is -0.700. The number of rotatable bonds is 3. The van der Waals surface area contributed by atoms with Gasteiger partial charge in [-0.05, 0) is 12.8 Å². The summed E-state index contributed by atoms with van der Waals surface area (Å²) in [5, 5.41) is 8.65. The predicted octanol–water partition coefficient (Wildman–Crippen LogP) is 2.92. The van der Waals surface area contributed by atoms with Crippen molar-refractivity contribution in [1.29, 1.82) is 0 Å². The molecular formula is C11H16F3NO2. The van der Waals surface area contributed by atoms with Crippen molar-refractivity contribution < 1.29 is 22.7 Å². The van der Waals surface area contributed by atoms with Gasteiger partial charge in [-0.1, -0.05) is 20.8 Å². The first-order chi connectivity index (χ1) is 7.66. The number of alkyl halides is 3. The lowest BCUT2D eigenvalue weighted by molar-refractivity contribution is -0.154. The van der Waals surface area contributed by atoms with E-state index in [9.17, 15) is 13.2 Å². The highest BCUT2D eigenvalue weighted by Gasteiger charge is 2.40. The van der Waals surface area contributed by atoms with Crippen molar-refractivity contribution in [3.05, 3.63) is 17.3 Å². The first kappa shape index (κ1) is 14.0. The molecule has 0 saturated heterocycles. The van der Waals surface area contributed by atoms with E-state index in [1.54, 1.807) is 20.8 Å². The van der Waals surface area contributed by atoms with Crippen molar-refractivity contribution >= 4 is 0 Å². The predicted molar refractivity (Wildman–Crippen MR) is 55.6 cm³/mol. The third-order valence-corrected chi connectivity index (χ3v) is 2.17. The van der Waals surface area contributed by atoms with Crippen LogP contribution in [-0.2, 0) is 18.0 Å². The summed E-state index contributed by atoms with van der Waals surface area (Å²) in [6, 6.07) is 0. The second-order valence-electron chi connectivity index (χ2n) is 4.87. The Labute approximate surface area is 97.7 Å². The van der Waals surface area contributed by atoms with Gasteiger partial charge in [-0.2, -0.15) is 13.2 Å². The fraction of sp³-hybridized carbons (Fsp3) is 0.727. The lowest BCUT2D eigenvalue weighted by atomic mass is 9.97. The lowest BCUT2D eigenvalue weighted by Gasteiger charge is -2.12. The summed E-state index contributed by atoms with van der Waals surface area (Å²) in [4.78, 5) is 3.89. The highest BCUT2D eigenvalue weighted by Crippen LogP contribution is 2.35. The minimum absolute atomic E-state index is 0.0604. The summed E-state index contributed by atoms with van der Waals surface area (Å²) >= 11 is 0. The van der Waals surface area contributed by atoms with E-state index < -0.39 is 17.4 Å². The number of aromatic nitrogens is 1. The number of oxazole rings is 1. The molecule has 0 unspecified atom stereocenters. The summed E-state index contributed by atoms with van der Waals surface area (Å²) in [7, 11) is 0. The topological polar surface area (TPSA) is 46.3 Å². The van der Waals surface area contributed by atoms with E-state index in [-0.39, 0.29) is 31.0 Å². The van der Waals surface area contributed by atoms with Crippen molar-refractivity contribution in [2.45, 2.75) is 45.2 Å². The van der Waals surface area contributed by atoms with Gasteiger partial charge in [-0.15, -0.1) is 0 Å². The van der Waals surface area contributed by atoms with E-state index in [0.29, 0.717) is 0 Å². The number of aliphatic hydroxyl groups is 1. The molecule has 1 aromatic heterocycles. The zero-order valence-corrected chi connectivity index (χ0v) is 10.1. The highest BCUT2D eigenvalue weighted by molar-refractivity contribution is 5.16. The minimum atomic E-state index is -4.54. The average molecular weight is 251 g/mol. The fourth-order valence-corrected chi connectivity index (χ4v) is 1.31. The molecule has 0 radical (unpaired) electrons. The third-order valence-electron chi connectivity index (χ3n) is 2.17. The van der Waals surface area contributed by atoms with Gasteiger partial charge in [0.25, 0.3) is 0 Å². The SMILES string of the molecule is CC(C)(C)c1nc(CCCO)c(C(F)(F)F)o1. The molecule has 0 fully saturated rings. The van der Waals surface area contributed by atoms with E-state index in [0.717, 1.165) is 0 Å². The van der Waals surface area contributed by atoms with Crippen molar-refractivity contribution in [3.8, 4) is 0 Å². The van der Waals surface area contributed by atoms with E-state index in [4.69, 9.17) is 9.52 Å². The first-order valence-electron chi connectivity index (χ1n) is 5.34. The lowest BCUT2D eigenvalue weighted by Crippen LogP contribution is -2.11. The van der Waals surface area contributed by atoms with Crippen LogP contribution in [0.25, 0.3) is 0 Å². The first-order valence-corrected chi connectivity index (χ1v) is 5.34. The van der Waals surface area contributed by atoms with Crippen LogP contribution < -0.4 is 0 Å². The molecule has 0 bridgehead atoms. The van der Waals surface area contributed by atoms with Crippen LogP contribution in [-0.4, -0.2) is 16.7 Å². The number of hydrogen-bond donors (Lipinski definition) is 1. The normalized spacial score (nSPS) is 13.1. The Morgan fingerprint density at radius 2 is 1.82 bits per heavy atom. The number of nitrogens with zero attached hydrogens (tertiary/aromatic N) is 1. The molecule has 0 aliphatic heterocycles. The van der Waals surface area contributed by atoms with Gasteiger partial charge in [0.2, 0.25) is 11.7 Å². The van der Waals surface area contributed by atoms with Crippen LogP contribution in [0.15, 0.2) is 4.42 Å². The van der Waals surface area contributed by atoms with E-state index in [1.807, 2.05) is 0 Å². The van der Waals surface area contributed by atoms with Crippen LogP contribution in [0.5, 0.6) is 0 Å². The zero-order valence-electron chi connectivity index (χ0n) is 10.1. The number of halogens is 3. The standard InChI is InChI=1S/C11H16F3NO2/c1-10(2,3)9-15-7(5-4-6-16)8(17-9)11(12,13)14/h16H,4-6H2,1-3H3. The van der Waals surface area contributed by atoms with E-state index >= 15 is 0 Å². The molecule has 0 amide bonds. The molecule has 0 spiro atoms. The second-order valence-corrected chi connectivity index (χ2v) is 4.87. The third kappa shape index (κ3) is 3.46. The van der Waals surface area contributed by atoms with Crippen LogP contribution >= 0.6 is 0 Å². The quantitative estimate of drug-likeness (QED) is 0.898. The van der Waals surface area contributed by atoms with E-state index in [1.165, 1.54) is 0 Å². The molecule has 3 nitrogen and oxygen atoms in total. The molecule has 0 aliphatic rings. The molecule has 17 heavy (non-hydrogen) atoms. The largest absolute Gasteiger partial charge is 0.451 e. The van der Waals surface area contributed by atoms with Gasteiger partial charge in [0, 0.05) is 12.0 Å². The molecule has 1 aromatic rings. The number of aryl methyl sites for hydroxylation is 1. The van der Waals surface area contributed by atoms with Gasteiger partial charge >= 0.3 is 6.18 Å². The minimum Gasteiger partial charge on any atom is -0.435 e. The maximum atomic E-state index is 12.7. The fourth-order valence-electron chi connectivity index (χ4n) is 1.31. The van der Waals surface area contributed by atoms with Crippen molar-refractivity contribution in [2.75, 3.05) is 6.61 Å². The average Bonchev–Trinajstić information content (AvgIpc) is 2.56. The molecule has 6 heteroatoms. The molecule has 0 atom stereocenters. The Balaban J connectivity index is 3.13.